The molecule has 0 spiro atoms. The van der Waals surface area contributed by atoms with E-state index in [1.807, 2.05) is 12.1 Å². The van der Waals surface area contributed by atoms with E-state index in [4.69, 9.17) is 34.1 Å². The number of aryl methyl sites for hydroxylation is 1. The van der Waals surface area contributed by atoms with Crippen molar-refractivity contribution in [1.82, 2.24) is 46.1 Å². The van der Waals surface area contributed by atoms with Gasteiger partial charge in [0, 0.05) is 149 Å². The predicted molar refractivity (Wildman–Crippen MR) is 381 cm³/mol. The van der Waals surface area contributed by atoms with E-state index >= 15 is 0 Å². The van der Waals surface area contributed by atoms with Crippen LogP contribution in [0.1, 0.15) is 61.3 Å². The van der Waals surface area contributed by atoms with Gasteiger partial charge in [-0.1, -0.05) is 18.2 Å². The predicted octanol–water partition coefficient (Wildman–Crippen LogP) is 7.56. The van der Waals surface area contributed by atoms with Gasteiger partial charge in [-0.2, -0.15) is 0 Å². The van der Waals surface area contributed by atoms with Gasteiger partial charge in [0.25, 0.3) is 49.5 Å². The van der Waals surface area contributed by atoms with E-state index in [0.717, 1.165) is 121 Å². The monoisotopic (exact) mass is 1430 g/mol. The minimum atomic E-state index is -3.92. The number of hydrogen-bond donors (Lipinski definition) is 3. The van der Waals surface area contributed by atoms with E-state index < -0.39 is 35.8 Å². The fraction of sp³-hybridized carbons (Fsp3) is 0.271. The molecule has 0 radical (unpaired) electrons. The maximum atomic E-state index is 13.6. The molecule has 0 saturated carbocycles. The topological polar surface area (TPSA) is 353 Å². The van der Waals surface area contributed by atoms with Crippen molar-refractivity contribution >= 4 is 134 Å². The lowest BCUT2D eigenvalue weighted by atomic mass is 10.00. The van der Waals surface area contributed by atoms with Crippen molar-refractivity contribution in [2.75, 3.05) is 83.3 Å². The molecule has 10 aromatic rings. The second-order valence-electron chi connectivity index (χ2n) is 24.1. The molecule has 0 unspecified atom stereocenters. The van der Waals surface area contributed by atoms with Crippen LogP contribution < -0.4 is 15.6 Å². The number of amides is 2. The van der Waals surface area contributed by atoms with E-state index in [0.29, 0.717) is 59.2 Å². The number of nitrogens with zero attached hydrogens (tertiary/aromatic N) is 12. The van der Waals surface area contributed by atoms with Crippen LogP contribution in [0.5, 0.6) is 0 Å². The summed E-state index contributed by atoms with van der Waals surface area (Å²) in [6.07, 6.45) is 21.0. The highest BCUT2D eigenvalue weighted by molar-refractivity contribution is 7.90. The second kappa shape index (κ2) is 31.2. The van der Waals surface area contributed by atoms with Crippen LogP contribution in [0.2, 0.25) is 0 Å². The first kappa shape index (κ1) is 73.0. The maximum Gasteiger partial charge on any atom is 0.419 e. The SMILES string of the molecule is CC(=O)N1CCc2cc(S(=O)(=O)n3cc(C4=CCN(C)CC4)c4cccnc43)ccc21.CN1CC=C(c2cn(S(=O)(=O)c3ccc(N4CCCC4=O)cc3)c3cccnc23)CC1.CN1CC=C(c2cn(S(=O)(=O)c3ccc4c(c3)oc(=O)n4C)c3cccnc23)CC1.O=CO.O=CO.O=CO. The number of rotatable bonds is 10. The number of carboxylic acid groups (broad SMARTS) is 3. The van der Waals surface area contributed by atoms with Gasteiger partial charge in [0.05, 0.1) is 42.3 Å². The molecule has 31 heteroatoms. The highest BCUT2D eigenvalue weighted by Crippen LogP contribution is 2.38. The normalized spacial score (nSPS) is 15.8. The van der Waals surface area contributed by atoms with Crippen LogP contribution in [0.3, 0.4) is 0 Å². The van der Waals surface area contributed by atoms with Gasteiger partial charge in [0.15, 0.2) is 11.2 Å². The molecule has 12 heterocycles. The molecule has 0 aliphatic carbocycles. The van der Waals surface area contributed by atoms with Crippen LogP contribution in [-0.4, -0.2) is 191 Å². The molecule has 0 bridgehead atoms. The fourth-order valence-electron chi connectivity index (χ4n) is 12.6. The molecule has 3 aromatic carbocycles. The lowest BCUT2D eigenvalue weighted by molar-refractivity contribution is -0.123. The van der Waals surface area contributed by atoms with Gasteiger partial charge < -0.3 is 44.2 Å². The van der Waals surface area contributed by atoms with Crippen molar-refractivity contribution in [3.63, 3.8) is 0 Å². The molecule has 2 amide bonds. The van der Waals surface area contributed by atoms with E-state index in [9.17, 15) is 39.6 Å². The van der Waals surface area contributed by atoms with Crippen LogP contribution in [0.4, 0.5) is 11.4 Å². The first-order chi connectivity index (χ1) is 48.4. The molecule has 1 saturated heterocycles. The zero-order valence-corrected chi connectivity index (χ0v) is 58.3. The largest absolute Gasteiger partial charge is 0.483 e. The van der Waals surface area contributed by atoms with Crippen molar-refractivity contribution in [2.24, 2.45) is 7.05 Å². The fourth-order valence-corrected chi connectivity index (χ4v) is 16.8. The number of carbonyl (C=O) groups excluding carboxylic acids is 2. The first-order valence-electron chi connectivity index (χ1n) is 31.9. The number of anilines is 2. The Kier molecular flexibility index (Phi) is 22.6. The molecule has 7 aromatic heterocycles. The minimum Gasteiger partial charge on any atom is -0.483 e. The lowest BCUT2D eigenvalue weighted by Gasteiger charge is -2.21. The molecule has 15 rings (SSSR count). The lowest BCUT2D eigenvalue weighted by Crippen LogP contribution is -2.25. The number of hydrogen-bond acceptors (Lipinski definition) is 19. The van der Waals surface area contributed by atoms with Crippen molar-refractivity contribution < 1.29 is 69.0 Å². The standard InChI is InChI=1S/2C23H24N4O3S.C21H20N4O4S.3CH2O2/c1-16(28)26-13-9-18-14-19(5-6-22(18)26)31(29,30)27-15-21(17-7-11-25(2)12-8-17)20-4-3-10-24-23(20)27;1-25-14-10-17(11-15-25)20-16-27(21-4-2-12-24-23(20)21)31(29,30)19-8-6-18(7-9-19)26-13-3-5-22(26)28;1-23-10-7-14(8-11-23)16-13-25(18-4-3-9-22-20(16)18)30(27,28)15-5-6-17-19(12-15)29-21(26)24(17)2;3*2-1-3/h3-7,10,14-15H,8-9,11-13H2,1-2H3;2,4,6-10,12,16H,3,5,11,13-15H2,1H3;3-7,9,12-13H,8,10-11H2,1-2H3;3*1H,(H,2,3). The summed E-state index contributed by atoms with van der Waals surface area (Å²) in [6.45, 7) is 7.27. The van der Waals surface area contributed by atoms with Gasteiger partial charge in [0.2, 0.25) is 11.8 Å². The Morgan fingerprint density at radius 2 is 0.980 bits per heavy atom. The zero-order chi connectivity index (χ0) is 72.5. The first-order valence-corrected chi connectivity index (χ1v) is 36.2. The summed E-state index contributed by atoms with van der Waals surface area (Å²) in [4.78, 5) is 84.5. The summed E-state index contributed by atoms with van der Waals surface area (Å²) >= 11 is 0. The number of carbonyl (C=O) groups is 5. The molecule has 1 fully saturated rings. The van der Waals surface area contributed by atoms with Gasteiger partial charge in [-0.25, -0.2) is 46.9 Å². The Hall–Kier alpha value is -10.7. The van der Waals surface area contributed by atoms with Gasteiger partial charge in [-0.05, 0) is 167 Å². The van der Waals surface area contributed by atoms with Gasteiger partial charge in [0.1, 0.15) is 0 Å². The summed E-state index contributed by atoms with van der Waals surface area (Å²) in [5.74, 6) is -0.494. The molecule has 528 valence electrons. The third-order valence-electron chi connectivity index (χ3n) is 17.8. The van der Waals surface area contributed by atoms with Crippen molar-refractivity contribution in [1.29, 1.82) is 0 Å². The van der Waals surface area contributed by atoms with Crippen molar-refractivity contribution in [2.45, 2.75) is 60.1 Å². The van der Waals surface area contributed by atoms with Gasteiger partial charge >= 0.3 is 5.76 Å². The maximum absolute atomic E-state index is 13.6. The highest BCUT2D eigenvalue weighted by Gasteiger charge is 2.31. The molecule has 3 N–H and O–H groups in total. The van der Waals surface area contributed by atoms with Crippen molar-refractivity contribution in [3.8, 4) is 0 Å². The number of fused-ring (bicyclic) bond motifs is 5. The molecular weight excluding hydrogens is 1360 g/mol. The Morgan fingerprint density at radius 1 is 0.515 bits per heavy atom. The quantitative estimate of drug-likeness (QED) is 0.111. The smallest absolute Gasteiger partial charge is 0.419 e. The van der Waals surface area contributed by atoms with E-state index in [1.54, 1.807) is 127 Å². The molecular formula is C70H74N12O16S3. The van der Waals surface area contributed by atoms with Crippen LogP contribution in [0.15, 0.2) is 176 Å². The summed E-state index contributed by atoms with van der Waals surface area (Å²) in [7, 11) is -3.80. The second-order valence-corrected chi connectivity index (χ2v) is 29.5. The third kappa shape index (κ3) is 15.2. The zero-order valence-electron chi connectivity index (χ0n) is 55.8. The average molecular weight is 1440 g/mol. The third-order valence-corrected chi connectivity index (χ3v) is 22.8. The van der Waals surface area contributed by atoms with Gasteiger partial charge in [-0.3, -0.25) is 38.5 Å². The number of oxazole rings is 1. The minimum absolute atomic E-state index is 0.0361. The van der Waals surface area contributed by atoms with E-state index in [1.165, 1.54) is 35.5 Å². The molecule has 5 aliphatic heterocycles. The Bertz CT molecular complexity index is 5310. The number of pyridine rings is 3. The summed E-state index contributed by atoms with van der Waals surface area (Å²) in [5.41, 5.74) is 12.0. The Morgan fingerprint density at radius 3 is 1.49 bits per heavy atom. The summed E-state index contributed by atoms with van der Waals surface area (Å²) < 4.78 is 91.7. The number of benzene rings is 3. The molecule has 101 heavy (non-hydrogen) atoms. The van der Waals surface area contributed by atoms with Gasteiger partial charge in [-0.15, -0.1) is 0 Å². The van der Waals surface area contributed by atoms with Crippen LogP contribution in [-0.2, 0) is 67.5 Å². The Balaban J connectivity index is 0.000000154. The van der Waals surface area contributed by atoms with E-state index in [-0.39, 0.29) is 51.5 Å². The Labute approximate surface area is 581 Å². The average Bonchev–Trinajstić information content (AvgIpc) is 1.62. The summed E-state index contributed by atoms with van der Waals surface area (Å²) in [6, 6.07) is 26.8. The van der Waals surface area contributed by atoms with Crippen molar-refractivity contribution in [3.05, 3.63) is 185 Å². The molecule has 5 aliphatic rings. The number of likely N-dealkylation sites (N-methyl/N-ethyl adjacent to an activating group) is 3. The number of aromatic nitrogens is 7. The molecule has 0 atom stereocenters. The van der Waals surface area contributed by atoms with Crippen LogP contribution >= 0.6 is 0 Å². The molecule has 28 nitrogen and oxygen atoms in total. The van der Waals surface area contributed by atoms with Crippen LogP contribution in [0, 0.1) is 0 Å². The van der Waals surface area contributed by atoms with E-state index in [2.05, 4.69) is 69.0 Å². The summed E-state index contributed by atoms with van der Waals surface area (Å²) in [5, 5.41) is 21.5. The highest BCUT2D eigenvalue weighted by atomic mass is 32.2. The van der Waals surface area contributed by atoms with Crippen LogP contribution in [0.25, 0.3) is 60.9 Å².